The number of rotatable bonds is 2. The molecule has 0 fully saturated rings. The number of para-hydroxylation sites is 1. The molecule has 90 valence electrons. The molecule has 1 heterocycles. The van der Waals surface area contributed by atoms with Crippen LogP contribution in [0.3, 0.4) is 0 Å². The average Bonchev–Trinajstić information content (AvgIpc) is 2.36. The highest BCUT2D eigenvalue weighted by Gasteiger charge is 2.10. The highest BCUT2D eigenvalue weighted by atomic mass is 79.9. The molecule has 0 aliphatic heterocycles. The predicted octanol–water partition coefficient (Wildman–Crippen LogP) is 4.88. The maximum Gasteiger partial charge on any atom is 0.150 e. The van der Waals surface area contributed by atoms with Gasteiger partial charge in [-0.1, -0.05) is 17.7 Å². The van der Waals surface area contributed by atoms with Crippen LogP contribution in [0.25, 0.3) is 0 Å². The van der Waals surface area contributed by atoms with Gasteiger partial charge in [-0.25, -0.2) is 4.98 Å². The summed E-state index contributed by atoms with van der Waals surface area (Å²) in [6.45, 7) is 0. The van der Waals surface area contributed by atoms with Gasteiger partial charge >= 0.3 is 0 Å². The van der Waals surface area contributed by atoms with Crippen LogP contribution in [0.2, 0.25) is 5.02 Å². The van der Waals surface area contributed by atoms with Gasteiger partial charge in [-0.15, -0.1) is 0 Å². The normalized spacial score (nSPS) is 9.89. The number of nitrogens with zero attached hydrogens (tertiary/aromatic N) is 2. The van der Waals surface area contributed by atoms with E-state index < -0.39 is 0 Å². The fourth-order valence-electron chi connectivity index (χ4n) is 1.35. The minimum atomic E-state index is 0.308. The van der Waals surface area contributed by atoms with E-state index >= 15 is 0 Å². The van der Waals surface area contributed by atoms with E-state index in [9.17, 15) is 0 Å². The van der Waals surface area contributed by atoms with Crippen LogP contribution >= 0.6 is 43.5 Å². The lowest BCUT2D eigenvalue weighted by molar-refractivity contribution is 1.29. The lowest BCUT2D eigenvalue weighted by Gasteiger charge is -2.11. The van der Waals surface area contributed by atoms with Crippen LogP contribution < -0.4 is 5.32 Å². The first-order chi connectivity index (χ1) is 8.63. The zero-order valence-corrected chi connectivity index (χ0v) is 12.8. The van der Waals surface area contributed by atoms with E-state index in [4.69, 9.17) is 16.9 Å². The van der Waals surface area contributed by atoms with Crippen molar-refractivity contribution in [3.63, 3.8) is 0 Å². The minimum Gasteiger partial charge on any atom is -0.337 e. The fraction of sp³-hybridized carbons (Fsp3) is 0. The van der Waals surface area contributed by atoms with Crippen LogP contribution in [-0.4, -0.2) is 4.98 Å². The van der Waals surface area contributed by atoms with E-state index in [2.05, 4.69) is 42.2 Å². The smallest absolute Gasteiger partial charge is 0.150 e. The van der Waals surface area contributed by atoms with Gasteiger partial charge in [0.05, 0.1) is 11.3 Å². The van der Waals surface area contributed by atoms with Gasteiger partial charge in [-0.3, -0.25) is 0 Å². The Balaban J connectivity index is 2.44. The first-order valence-corrected chi connectivity index (χ1v) is 6.85. The van der Waals surface area contributed by atoms with Crippen molar-refractivity contribution in [1.82, 2.24) is 4.98 Å². The largest absolute Gasteiger partial charge is 0.337 e. The minimum absolute atomic E-state index is 0.308. The van der Waals surface area contributed by atoms with Gasteiger partial charge in [0.25, 0.3) is 0 Å². The van der Waals surface area contributed by atoms with Gasteiger partial charge in [-0.05, 0) is 50.1 Å². The van der Waals surface area contributed by atoms with Crippen molar-refractivity contribution in [3.8, 4) is 6.07 Å². The quantitative estimate of drug-likeness (QED) is 0.799. The molecule has 0 spiro atoms. The number of nitriles is 1. The van der Waals surface area contributed by atoms with Gasteiger partial charge in [-0.2, -0.15) is 5.26 Å². The van der Waals surface area contributed by atoms with Crippen LogP contribution in [0.5, 0.6) is 0 Å². The van der Waals surface area contributed by atoms with Crippen molar-refractivity contribution in [2.24, 2.45) is 0 Å². The topological polar surface area (TPSA) is 48.7 Å². The van der Waals surface area contributed by atoms with Gasteiger partial charge < -0.3 is 5.32 Å². The molecule has 18 heavy (non-hydrogen) atoms. The zero-order chi connectivity index (χ0) is 13.1. The molecule has 6 heteroatoms. The molecule has 0 aliphatic rings. The third kappa shape index (κ3) is 2.66. The molecule has 0 radical (unpaired) electrons. The van der Waals surface area contributed by atoms with E-state index in [0.29, 0.717) is 16.4 Å². The number of pyridine rings is 1. The molecule has 0 aliphatic carbocycles. The van der Waals surface area contributed by atoms with Crippen molar-refractivity contribution in [1.29, 1.82) is 5.26 Å². The maximum atomic E-state index is 8.91. The molecule has 2 rings (SSSR count). The summed E-state index contributed by atoms with van der Waals surface area (Å²) in [5.41, 5.74) is 1.19. The first kappa shape index (κ1) is 13.3. The third-order valence-corrected chi connectivity index (χ3v) is 3.92. The van der Waals surface area contributed by atoms with Crippen LogP contribution in [0, 0.1) is 11.3 Å². The fourth-order valence-corrected chi connectivity index (χ4v) is 2.75. The Labute approximate surface area is 126 Å². The van der Waals surface area contributed by atoms with Crippen LogP contribution in [-0.2, 0) is 0 Å². The molecule has 0 bridgehead atoms. The molecular weight excluding hydrogens is 381 g/mol. The molecule has 0 saturated carbocycles. The summed E-state index contributed by atoms with van der Waals surface area (Å²) in [5.74, 6) is 0.448. The Hall–Kier alpha value is -1.09. The van der Waals surface area contributed by atoms with Crippen molar-refractivity contribution in [2.75, 3.05) is 5.32 Å². The monoisotopic (exact) mass is 385 g/mol. The molecule has 0 unspecified atom stereocenters. The third-order valence-electron chi connectivity index (χ3n) is 2.22. The van der Waals surface area contributed by atoms with E-state index in [1.807, 2.05) is 24.3 Å². The number of hydrogen-bond acceptors (Lipinski definition) is 3. The Morgan fingerprint density at radius 1 is 1.22 bits per heavy atom. The van der Waals surface area contributed by atoms with E-state index in [0.717, 1.165) is 14.6 Å². The summed E-state index contributed by atoms with van der Waals surface area (Å²) < 4.78 is 1.74. The number of hydrogen-bond donors (Lipinski definition) is 1. The molecule has 1 aromatic carbocycles. The SMILES string of the molecule is N#Cc1ccnc(Nc2c(Br)cccc2Br)c1Cl. The molecule has 0 atom stereocenters. The number of aromatic nitrogens is 1. The van der Waals surface area contributed by atoms with Crippen LogP contribution in [0.4, 0.5) is 11.5 Å². The average molecular weight is 387 g/mol. The van der Waals surface area contributed by atoms with Gasteiger partial charge in [0, 0.05) is 15.1 Å². The Kier molecular flexibility index (Phi) is 4.23. The number of benzene rings is 1. The van der Waals surface area contributed by atoms with Gasteiger partial charge in [0.1, 0.15) is 11.1 Å². The Morgan fingerprint density at radius 3 is 2.50 bits per heavy atom. The molecule has 1 aromatic heterocycles. The van der Waals surface area contributed by atoms with Crippen molar-refractivity contribution >= 4 is 55.0 Å². The number of nitrogens with one attached hydrogen (secondary N) is 1. The van der Waals surface area contributed by atoms with Gasteiger partial charge in [0.15, 0.2) is 5.82 Å². The van der Waals surface area contributed by atoms with Crippen molar-refractivity contribution in [3.05, 3.63) is 50.0 Å². The molecule has 1 N–H and O–H groups in total. The van der Waals surface area contributed by atoms with Gasteiger partial charge in [0.2, 0.25) is 0 Å². The molecule has 2 aromatic rings. The Bertz CT molecular complexity index is 617. The summed E-state index contributed by atoms with van der Waals surface area (Å²) in [7, 11) is 0. The van der Waals surface area contributed by atoms with Crippen molar-refractivity contribution < 1.29 is 0 Å². The van der Waals surface area contributed by atoms with E-state index in [1.54, 1.807) is 6.07 Å². The number of anilines is 2. The van der Waals surface area contributed by atoms with Crippen LogP contribution in [0.1, 0.15) is 5.56 Å². The second-order valence-corrected chi connectivity index (χ2v) is 5.44. The highest BCUT2D eigenvalue weighted by Crippen LogP contribution is 2.35. The standard InChI is InChI=1S/C12H6Br2ClN3/c13-8-2-1-3-9(14)11(8)18-12-10(15)7(6-16)4-5-17-12/h1-5H,(H,17,18). The molecular formula is C12H6Br2ClN3. The van der Waals surface area contributed by atoms with E-state index in [-0.39, 0.29) is 0 Å². The summed E-state index contributed by atoms with van der Waals surface area (Å²) in [5, 5.41) is 12.3. The summed E-state index contributed by atoms with van der Waals surface area (Å²) in [4.78, 5) is 4.13. The zero-order valence-electron chi connectivity index (χ0n) is 8.92. The van der Waals surface area contributed by atoms with E-state index in [1.165, 1.54) is 6.20 Å². The lowest BCUT2D eigenvalue weighted by Crippen LogP contribution is -1.97. The maximum absolute atomic E-state index is 8.91. The molecule has 3 nitrogen and oxygen atoms in total. The van der Waals surface area contributed by atoms with Crippen LogP contribution in [0.15, 0.2) is 39.4 Å². The second-order valence-electron chi connectivity index (χ2n) is 3.35. The first-order valence-electron chi connectivity index (χ1n) is 4.89. The number of halogens is 3. The highest BCUT2D eigenvalue weighted by molar-refractivity contribution is 9.11. The molecule has 0 saturated heterocycles. The summed E-state index contributed by atoms with van der Waals surface area (Å²) >= 11 is 13.0. The predicted molar refractivity (Wildman–Crippen MR) is 79.1 cm³/mol. The summed E-state index contributed by atoms with van der Waals surface area (Å²) in [6.07, 6.45) is 1.54. The Morgan fingerprint density at radius 2 is 1.89 bits per heavy atom. The van der Waals surface area contributed by atoms with Crippen molar-refractivity contribution in [2.45, 2.75) is 0 Å². The summed E-state index contributed by atoms with van der Waals surface area (Å²) in [6, 6.07) is 9.29. The lowest BCUT2D eigenvalue weighted by atomic mass is 10.2. The second kappa shape index (κ2) is 5.70. The molecule has 0 amide bonds.